The first-order chi connectivity index (χ1) is 25.2. The Morgan fingerprint density at radius 3 is 2.06 bits per heavy atom. The second-order valence-corrected chi connectivity index (χ2v) is 14.4. The Labute approximate surface area is 297 Å². The molecule has 10 aromatic rings. The molecule has 3 unspecified atom stereocenters. The molecule has 1 aliphatic heterocycles. The highest BCUT2D eigenvalue weighted by Gasteiger charge is 2.32. The van der Waals surface area contributed by atoms with E-state index in [1.807, 2.05) is 23.5 Å². The van der Waals surface area contributed by atoms with Crippen molar-refractivity contribution in [3.63, 3.8) is 0 Å². The van der Waals surface area contributed by atoms with Crippen LogP contribution in [0.3, 0.4) is 0 Å². The lowest BCUT2D eigenvalue weighted by Gasteiger charge is -2.39. The lowest BCUT2D eigenvalue weighted by Crippen LogP contribution is -2.54. The van der Waals surface area contributed by atoms with Gasteiger partial charge in [0.15, 0.2) is 0 Å². The van der Waals surface area contributed by atoms with Gasteiger partial charge in [0, 0.05) is 47.3 Å². The number of thiophene rings is 1. The molecule has 0 saturated carbocycles. The van der Waals surface area contributed by atoms with Gasteiger partial charge in [-0.05, 0) is 58.7 Å². The Morgan fingerprint density at radius 1 is 0.431 bits per heavy atom. The minimum absolute atomic E-state index is 0.104. The molecule has 0 radical (unpaired) electrons. The Hall–Kier alpha value is -5.76. The molecule has 1 aliphatic rings. The summed E-state index contributed by atoms with van der Waals surface area (Å²) in [7, 11) is 0. The van der Waals surface area contributed by atoms with Gasteiger partial charge in [-0.2, -0.15) is 0 Å². The fourth-order valence-corrected chi connectivity index (χ4v) is 9.21. The van der Waals surface area contributed by atoms with Crippen molar-refractivity contribution in [1.29, 1.82) is 0 Å². The van der Waals surface area contributed by atoms with Gasteiger partial charge in [0.2, 0.25) is 0 Å². The average Bonchev–Trinajstić information content (AvgIpc) is 3.88. The number of para-hydroxylation sites is 2. The number of hydrogen-bond donors (Lipinski definition) is 3. The van der Waals surface area contributed by atoms with E-state index in [-0.39, 0.29) is 18.5 Å². The molecule has 6 heteroatoms. The van der Waals surface area contributed by atoms with Gasteiger partial charge in [-0.25, -0.2) is 0 Å². The summed E-state index contributed by atoms with van der Waals surface area (Å²) < 4.78 is 15.6. The van der Waals surface area contributed by atoms with Gasteiger partial charge in [-0.1, -0.05) is 115 Å². The standard InChI is InChI=1S/C45H31N3O2S/c1-2-10-26(11-3-1)43-46-44(28-21-23-38-36(24-28)30-12-4-6-18-37(30)49-38)48-45(47-43)35-17-9-15-33-31-22-20-27(25-39(31)50-41(33)35)29-14-8-16-34-32-13-5-7-19-40(32)51-42(29)34/h1-25,43-48H. The fraction of sp³-hybridized carbons (Fsp3) is 0.0667. The van der Waals surface area contributed by atoms with Gasteiger partial charge in [0.05, 0.1) is 18.5 Å². The lowest BCUT2D eigenvalue weighted by atomic mass is 10.00. The van der Waals surface area contributed by atoms with Gasteiger partial charge in [-0.3, -0.25) is 16.0 Å². The smallest absolute Gasteiger partial charge is 0.141 e. The molecule has 7 aromatic carbocycles. The summed E-state index contributed by atoms with van der Waals surface area (Å²) in [5.74, 6) is 0. The second kappa shape index (κ2) is 11.4. The summed E-state index contributed by atoms with van der Waals surface area (Å²) in [6.45, 7) is 0. The number of fused-ring (bicyclic) bond motifs is 9. The SMILES string of the molecule is c1ccc(C2NC(c3ccc4oc5ccccc5c4c3)NC(c3cccc4c3oc3cc(-c5cccc6c5sc5ccccc56)ccc34)N2)cc1. The molecule has 244 valence electrons. The molecule has 3 aromatic heterocycles. The molecule has 11 rings (SSSR count). The quantitative estimate of drug-likeness (QED) is 0.173. The van der Waals surface area contributed by atoms with Crippen molar-refractivity contribution in [3.05, 3.63) is 168 Å². The minimum atomic E-state index is -0.200. The average molecular weight is 678 g/mol. The third-order valence-electron chi connectivity index (χ3n) is 10.4. The number of rotatable bonds is 4. The van der Waals surface area contributed by atoms with Gasteiger partial charge in [-0.15, -0.1) is 11.3 Å². The Bertz CT molecular complexity index is 2940. The monoisotopic (exact) mass is 677 g/mol. The van der Waals surface area contributed by atoms with Crippen molar-refractivity contribution < 1.29 is 8.83 Å². The van der Waals surface area contributed by atoms with Crippen molar-refractivity contribution in [2.45, 2.75) is 18.5 Å². The van der Waals surface area contributed by atoms with E-state index in [0.717, 1.165) is 60.6 Å². The highest BCUT2D eigenvalue weighted by atomic mass is 32.1. The zero-order valence-corrected chi connectivity index (χ0v) is 28.2. The van der Waals surface area contributed by atoms with Crippen molar-refractivity contribution in [2.75, 3.05) is 0 Å². The van der Waals surface area contributed by atoms with Gasteiger partial charge in [0.25, 0.3) is 0 Å². The Balaban J connectivity index is 1.02. The van der Waals surface area contributed by atoms with Crippen molar-refractivity contribution in [1.82, 2.24) is 16.0 Å². The van der Waals surface area contributed by atoms with Crippen LogP contribution in [0.25, 0.3) is 75.2 Å². The molecule has 0 aliphatic carbocycles. The molecule has 1 fully saturated rings. The van der Waals surface area contributed by atoms with Crippen LogP contribution in [0.4, 0.5) is 0 Å². The third kappa shape index (κ3) is 4.65. The fourth-order valence-electron chi connectivity index (χ4n) is 7.97. The minimum Gasteiger partial charge on any atom is -0.456 e. The van der Waals surface area contributed by atoms with Crippen LogP contribution in [-0.4, -0.2) is 0 Å². The van der Waals surface area contributed by atoms with E-state index in [4.69, 9.17) is 8.83 Å². The number of furan rings is 2. The highest BCUT2D eigenvalue weighted by molar-refractivity contribution is 7.26. The normalized spacial score (nSPS) is 18.2. The van der Waals surface area contributed by atoms with Crippen molar-refractivity contribution in [2.24, 2.45) is 0 Å². The summed E-state index contributed by atoms with van der Waals surface area (Å²) in [6, 6.07) is 53.7. The van der Waals surface area contributed by atoms with Crippen LogP contribution in [0.15, 0.2) is 160 Å². The first-order valence-corrected chi connectivity index (χ1v) is 18.2. The van der Waals surface area contributed by atoms with Crippen LogP contribution in [0.2, 0.25) is 0 Å². The van der Waals surface area contributed by atoms with Crippen LogP contribution < -0.4 is 16.0 Å². The predicted molar refractivity (Wildman–Crippen MR) is 210 cm³/mol. The molecule has 3 N–H and O–H groups in total. The summed E-state index contributed by atoms with van der Waals surface area (Å²) in [6.07, 6.45) is -0.450. The molecule has 5 nitrogen and oxygen atoms in total. The maximum absolute atomic E-state index is 6.84. The van der Waals surface area contributed by atoms with Crippen molar-refractivity contribution >= 4 is 75.4 Å². The van der Waals surface area contributed by atoms with Gasteiger partial charge in [0.1, 0.15) is 22.3 Å². The number of benzene rings is 7. The maximum atomic E-state index is 6.84. The van der Waals surface area contributed by atoms with Crippen LogP contribution in [0.1, 0.15) is 35.2 Å². The van der Waals surface area contributed by atoms with E-state index in [0.29, 0.717) is 0 Å². The van der Waals surface area contributed by atoms with E-state index in [2.05, 4.69) is 155 Å². The zero-order valence-electron chi connectivity index (χ0n) is 27.4. The largest absolute Gasteiger partial charge is 0.456 e. The van der Waals surface area contributed by atoms with Gasteiger partial charge >= 0.3 is 0 Å². The molecule has 0 spiro atoms. The number of hydrogen-bond acceptors (Lipinski definition) is 6. The van der Waals surface area contributed by atoms with E-state index >= 15 is 0 Å². The van der Waals surface area contributed by atoms with Crippen molar-refractivity contribution in [3.8, 4) is 11.1 Å². The Kier molecular flexibility index (Phi) is 6.48. The summed E-state index contributed by atoms with van der Waals surface area (Å²) in [5.41, 5.74) is 9.32. The summed E-state index contributed by atoms with van der Waals surface area (Å²) >= 11 is 1.85. The lowest BCUT2D eigenvalue weighted by molar-refractivity contribution is 0.203. The van der Waals surface area contributed by atoms with Gasteiger partial charge < -0.3 is 8.83 Å². The maximum Gasteiger partial charge on any atom is 0.141 e. The van der Waals surface area contributed by atoms with E-state index in [1.54, 1.807) is 0 Å². The molecule has 51 heavy (non-hydrogen) atoms. The second-order valence-electron chi connectivity index (χ2n) is 13.4. The molecule has 3 atom stereocenters. The molecular formula is C45H31N3O2S. The summed E-state index contributed by atoms with van der Waals surface area (Å²) in [4.78, 5) is 0. The van der Waals surface area contributed by atoms with Crippen LogP contribution >= 0.6 is 11.3 Å². The molecule has 0 amide bonds. The first-order valence-electron chi connectivity index (χ1n) is 17.4. The van der Waals surface area contributed by atoms with E-state index < -0.39 is 0 Å². The molecule has 0 bridgehead atoms. The van der Waals surface area contributed by atoms with Crippen LogP contribution in [-0.2, 0) is 0 Å². The van der Waals surface area contributed by atoms with E-state index in [9.17, 15) is 0 Å². The zero-order chi connectivity index (χ0) is 33.5. The first kappa shape index (κ1) is 29.0. The summed E-state index contributed by atoms with van der Waals surface area (Å²) in [5, 5.41) is 18.6. The van der Waals surface area contributed by atoms with Crippen LogP contribution in [0.5, 0.6) is 0 Å². The number of nitrogens with one attached hydrogen (secondary N) is 3. The van der Waals surface area contributed by atoms with Crippen LogP contribution in [0, 0.1) is 0 Å². The molecule has 4 heterocycles. The highest BCUT2D eigenvalue weighted by Crippen LogP contribution is 2.42. The van der Waals surface area contributed by atoms with E-state index in [1.165, 1.54) is 31.3 Å². The predicted octanol–water partition coefficient (Wildman–Crippen LogP) is 11.7. The molecule has 1 saturated heterocycles. The third-order valence-corrected chi connectivity index (χ3v) is 11.6. The molecular weight excluding hydrogens is 647 g/mol. The Morgan fingerprint density at radius 2 is 1.14 bits per heavy atom. The topological polar surface area (TPSA) is 62.4 Å².